The van der Waals surface area contributed by atoms with Gasteiger partial charge in [0.25, 0.3) is 5.91 Å². The number of ether oxygens (including phenoxy) is 1. The van der Waals surface area contributed by atoms with Crippen molar-refractivity contribution < 1.29 is 19.4 Å². The standard InChI is InChI=1S/C20H21ClN2O4/c1-23(17(20(25)26)9-13-5-3-2-4-6-13)19(24)15-10-16(21)18(22-11-15)27-12-14-7-8-14/h2-6,10-11,14,17H,7-9,12H2,1H3,(H,25,26). The molecule has 1 aliphatic carbocycles. The number of carbonyl (C=O) groups is 2. The molecule has 1 fully saturated rings. The second-order valence-corrected chi connectivity index (χ2v) is 7.13. The zero-order valence-electron chi connectivity index (χ0n) is 15.0. The summed E-state index contributed by atoms with van der Waals surface area (Å²) in [6.45, 7) is 0.568. The van der Waals surface area contributed by atoms with E-state index in [2.05, 4.69) is 4.98 Å². The number of aromatic nitrogens is 1. The summed E-state index contributed by atoms with van der Waals surface area (Å²) in [7, 11) is 1.47. The third-order valence-electron chi connectivity index (χ3n) is 4.55. The van der Waals surface area contributed by atoms with Crippen LogP contribution in [0.25, 0.3) is 0 Å². The Morgan fingerprint density at radius 3 is 2.63 bits per heavy atom. The van der Waals surface area contributed by atoms with E-state index in [9.17, 15) is 14.7 Å². The number of carboxylic acid groups (broad SMARTS) is 1. The van der Waals surface area contributed by atoms with Crippen molar-refractivity contribution in [2.75, 3.05) is 13.7 Å². The molecule has 1 N–H and O–H groups in total. The Bertz CT molecular complexity index is 824. The lowest BCUT2D eigenvalue weighted by Crippen LogP contribution is -2.43. The normalized spacial score (nSPS) is 14.4. The smallest absolute Gasteiger partial charge is 0.326 e. The van der Waals surface area contributed by atoms with Crippen LogP contribution < -0.4 is 4.74 Å². The average molecular weight is 389 g/mol. The number of likely N-dealkylation sites (N-methyl/N-ethyl adjacent to an activating group) is 1. The quantitative estimate of drug-likeness (QED) is 0.750. The maximum atomic E-state index is 12.7. The fourth-order valence-corrected chi connectivity index (χ4v) is 2.92. The van der Waals surface area contributed by atoms with E-state index in [0.717, 1.165) is 18.4 Å². The van der Waals surface area contributed by atoms with E-state index in [-0.39, 0.29) is 17.0 Å². The average Bonchev–Trinajstić information content (AvgIpc) is 3.49. The third kappa shape index (κ3) is 4.98. The summed E-state index contributed by atoms with van der Waals surface area (Å²) < 4.78 is 5.56. The Morgan fingerprint density at radius 2 is 2.04 bits per heavy atom. The van der Waals surface area contributed by atoms with Crippen LogP contribution in [0.3, 0.4) is 0 Å². The number of rotatable bonds is 8. The number of benzene rings is 1. The monoisotopic (exact) mass is 388 g/mol. The van der Waals surface area contributed by atoms with Crippen molar-refractivity contribution >= 4 is 23.5 Å². The highest BCUT2D eigenvalue weighted by molar-refractivity contribution is 6.32. The summed E-state index contributed by atoms with van der Waals surface area (Å²) in [5.41, 5.74) is 1.06. The van der Waals surface area contributed by atoms with E-state index in [1.165, 1.54) is 24.2 Å². The van der Waals surface area contributed by atoms with Gasteiger partial charge >= 0.3 is 5.97 Å². The molecular weight excluding hydrogens is 368 g/mol. The first-order valence-corrected chi connectivity index (χ1v) is 9.15. The molecule has 142 valence electrons. The molecule has 1 unspecified atom stereocenters. The fraction of sp³-hybridized carbons (Fsp3) is 0.350. The molecular formula is C20H21ClN2O4. The van der Waals surface area contributed by atoms with E-state index in [1.54, 1.807) is 0 Å². The summed E-state index contributed by atoms with van der Waals surface area (Å²) in [6.07, 6.45) is 3.88. The van der Waals surface area contributed by atoms with Crippen molar-refractivity contribution in [1.29, 1.82) is 0 Å². The Morgan fingerprint density at radius 1 is 1.33 bits per heavy atom. The Kier molecular flexibility index (Phi) is 5.96. The lowest BCUT2D eigenvalue weighted by Gasteiger charge is -2.25. The van der Waals surface area contributed by atoms with Gasteiger partial charge in [-0.1, -0.05) is 41.9 Å². The second-order valence-electron chi connectivity index (χ2n) is 6.73. The summed E-state index contributed by atoms with van der Waals surface area (Å²) in [6, 6.07) is 9.66. The zero-order chi connectivity index (χ0) is 19.4. The number of halogens is 1. The highest BCUT2D eigenvalue weighted by atomic mass is 35.5. The molecule has 0 saturated heterocycles. The number of hydrogen-bond donors (Lipinski definition) is 1. The van der Waals surface area contributed by atoms with E-state index in [0.29, 0.717) is 18.4 Å². The minimum Gasteiger partial charge on any atom is -0.480 e. The molecule has 1 heterocycles. The van der Waals surface area contributed by atoms with Crippen molar-refractivity contribution in [3.05, 3.63) is 58.7 Å². The molecule has 1 aromatic carbocycles. The summed E-state index contributed by atoms with van der Waals surface area (Å²) in [4.78, 5) is 29.8. The fourth-order valence-electron chi connectivity index (χ4n) is 2.70. The lowest BCUT2D eigenvalue weighted by molar-refractivity contribution is -0.141. The number of amides is 1. The van der Waals surface area contributed by atoms with Gasteiger partial charge in [-0.25, -0.2) is 9.78 Å². The molecule has 1 saturated carbocycles. The third-order valence-corrected chi connectivity index (χ3v) is 4.82. The minimum absolute atomic E-state index is 0.210. The highest BCUT2D eigenvalue weighted by Gasteiger charge is 2.28. The Labute approximate surface area is 162 Å². The van der Waals surface area contributed by atoms with Gasteiger partial charge in [-0.2, -0.15) is 0 Å². The van der Waals surface area contributed by atoms with Crippen LogP contribution in [0, 0.1) is 5.92 Å². The molecule has 3 rings (SSSR count). The van der Waals surface area contributed by atoms with Crippen molar-refractivity contribution in [3.63, 3.8) is 0 Å². The van der Waals surface area contributed by atoms with Crippen LogP contribution in [0.15, 0.2) is 42.6 Å². The summed E-state index contributed by atoms with van der Waals surface area (Å²) >= 11 is 6.18. The lowest BCUT2D eigenvalue weighted by atomic mass is 10.0. The van der Waals surface area contributed by atoms with Crippen LogP contribution in [-0.2, 0) is 11.2 Å². The van der Waals surface area contributed by atoms with Crippen molar-refractivity contribution in [2.45, 2.75) is 25.3 Å². The molecule has 1 atom stereocenters. The van der Waals surface area contributed by atoms with Crippen molar-refractivity contribution in [3.8, 4) is 5.88 Å². The van der Waals surface area contributed by atoms with Crippen molar-refractivity contribution in [1.82, 2.24) is 9.88 Å². The molecule has 0 spiro atoms. The van der Waals surface area contributed by atoms with Gasteiger partial charge in [0.05, 0.1) is 12.2 Å². The number of carboxylic acids is 1. The molecule has 1 aromatic heterocycles. The van der Waals surface area contributed by atoms with Crippen molar-refractivity contribution in [2.24, 2.45) is 5.92 Å². The van der Waals surface area contributed by atoms with Crippen LogP contribution in [0.4, 0.5) is 0 Å². The Hall–Kier alpha value is -2.60. The SMILES string of the molecule is CN(C(=O)c1cnc(OCC2CC2)c(Cl)c1)C(Cc1ccccc1)C(=O)O. The van der Waals surface area contributed by atoms with Gasteiger partial charge in [-0.15, -0.1) is 0 Å². The molecule has 1 amide bonds. The van der Waals surface area contributed by atoms with Gasteiger partial charge in [0, 0.05) is 19.7 Å². The molecule has 0 aliphatic heterocycles. The number of aliphatic carboxylic acids is 1. The van der Waals surface area contributed by atoms with Crippen LogP contribution in [0.1, 0.15) is 28.8 Å². The predicted molar refractivity (Wildman–Crippen MR) is 101 cm³/mol. The minimum atomic E-state index is -1.07. The maximum Gasteiger partial charge on any atom is 0.326 e. The van der Waals surface area contributed by atoms with Gasteiger partial charge in [0.15, 0.2) is 0 Å². The van der Waals surface area contributed by atoms with Gasteiger partial charge in [-0.3, -0.25) is 4.79 Å². The van der Waals surface area contributed by atoms with Gasteiger partial charge in [-0.05, 0) is 30.4 Å². The topological polar surface area (TPSA) is 79.7 Å². The molecule has 7 heteroatoms. The zero-order valence-corrected chi connectivity index (χ0v) is 15.7. The van der Waals surface area contributed by atoms with Gasteiger partial charge in [0.2, 0.25) is 5.88 Å². The molecule has 1 aliphatic rings. The van der Waals surface area contributed by atoms with Crippen LogP contribution in [0.5, 0.6) is 5.88 Å². The van der Waals surface area contributed by atoms with Gasteiger partial charge in [0.1, 0.15) is 11.1 Å². The van der Waals surface area contributed by atoms with E-state index in [1.807, 2.05) is 30.3 Å². The van der Waals surface area contributed by atoms with E-state index >= 15 is 0 Å². The first kappa shape index (κ1) is 19.2. The number of carbonyl (C=O) groups excluding carboxylic acids is 1. The summed E-state index contributed by atoms with van der Waals surface area (Å²) in [5, 5.41) is 9.81. The first-order valence-electron chi connectivity index (χ1n) is 8.78. The molecule has 6 nitrogen and oxygen atoms in total. The summed E-state index contributed by atoms with van der Waals surface area (Å²) in [5.74, 6) is -0.675. The van der Waals surface area contributed by atoms with Crippen LogP contribution in [-0.4, -0.2) is 46.6 Å². The van der Waals surface area contributed by atoms with E-state index < -0.39 is 17.9 Å². The number of hydrogen-bond acceptors (Lipinski definition) is 4. The number of nitrogens with zero attached hydrogens (tertiary/aromatic N) is 2. The molecule has 2 aromatic rings. The van der Waals surface area contributed by atoms with E-state index in [4.69, 9.17) is 16.3 Å². The highest BCUT2D eigenvalue weighted by Crippen LogP contribution is 2.31. The molecule has 0 radical (unpaired) electrons. The maximum absolute atomic E-state index is 12.7. The largest absolute Gasteiger partial charge is 0.480 e. The van der Waals surface area contributed by atoms with Crippen LogP contribution >= 0.6 is 11.6 Å². The predicted octanol–water partition coefficient (Wildman–Crippen LogP) is 3.29. The van der Waals surface area contributed by atoms with Crippen LogP contribution in [0.2, 0.25) is 5.02 Å². The first-order chi connectivity index (χ1) is 13.0. The second kappa shape index (κ2) is 8.39. The Balaban J connectivity index is 1.71. The molecule has 0 bridgehead atoms. The molecule has 27 heavy (non-hydrogen) atoms. The number of pyridine rings is 1. The van der Waals surface area contributed by atoms with Gasteiger partial charge < -0.3 is 14.7 Å².